The third-order valence-electron chi connectivity index (χ3n) is 2.55. The smallest absolute Gasteiger partial charge is 0.232 e. The molecule has 0 aromatic carbocycles. The maximum Gasteiger partial charge on any atom is 0.232 e. The molecule has 80 valence electrons. The van der Waals surface area contributed by atoms with Gasteiger partial charge in [-0.3, -0.25) is 9.59 Å². The molecule has 1 fully saturated rings. The summed E-state index contributed by atoms with van der Waals surface area (Å²) in [6.07, 6.45) is 0.488. The van der Waals surface area contributed by atoms with E-state index < -0.39 is 5.92 Å². The maximum absolute atomic E-state index is 11.5. The normalized spacial score (nSPS) is 32.5. The fourth-order valence-electron chi connectivity index (χ4n) is 1.94. The minimum atomic E-state index is -0.494. The Morgan fingerprint density at radius 2 is 2.29 bits per heavy atom. The van der Waals surface area contributed by atoms with Crippen LogP contribution >= 0.6 is 0 Å². The maximum atomic E-state index is 11.5. The molecule has 4 nitrogen and oxygen atoms in total. The minimum Gasteiger partial charge on any atom is -0.359 e. The summed E-state index contributed by atoms with van der Waals surface area (Å²) < 4.78 is 5.31. The van der Waals surface area contributed by atoms with Crippen molar-refractivity contribution in [1.82, 2.24) is 5.32 Å². The molecule has 1 heterocycles. The summed E-state index contributed by atoms with van der Waals surface area (Å²) in [6, 6.07) is 0. The van der Waals surface area contributed by atoms with Gasteiger partial charge in [0.1, 0.15) is 12.0 Å². The molecule has 1 aliphatic heterocycles. The zero-order valence-electron chi connectivity index (χ0n) is 8.87. The first-order chi connectivity index (χ1) is 6.56. The number of piperidine rings is 1. The van der Waals surface area contributed by atoms with Gasteiger partial charge in [0.2, 0.25) is 5.91 Å². The molecule has 0 bridgehead atoms. The summed E-state index contributed by atoms with van der Waals surface area (Å²) in [7, 11) is 0. The van der Waals surface area contributed by atoms with Gasteiger partial charge in [-0.05, 0) is 26.2 Å². The van der Waals surface area contributed by atoms with E-state index in [4.69, 9.17) is 4.74 Å². The molecule has 0 aromatic heterocycles. The first-order valence-electron chi connectivity index (χ1n) is 4.98. The molecule has 3 atom stereocenters. The van der Waals surface area contributed by atoms with E-state index in [-0.39, 0.29) is 23.8 Å². The fraction of sp³-hybridized carbons (Fsp3) is 0.800. The van der Waals surface area contributed by atoms with Crippen LogP contribution in [0.3, 0.4) is 0 Å². The van der Waals surface area contributed by atoms with Gasteiger partial charge < -0.3 is 10.1 Å². The molecule has 4 heteroatoms. The Bertz CT molecular complexity index is 240. The van der Waals surface area contributed by atoms with Gasteiger partial charge in [0, 0.05) is 6.61 Å². The zero-order chi connectivity index (χ0) is 10.7. The van der Waals surface area contributed by atoms with Gasteiger partial charge >= 0.3 is 0 Å². The Morgan fingerprint density at radius 3 is 2.71 bits per heavy atom. The number of hydrogen-bond acceptors (Lipinski definition) is 3. The van der Waals surface area contributed by atoms with Crippen LogP contribution in [-0.2, 0) is 14.3 Å². The summed E-state index contributed by atoms with van der Waals surface area (Å²) in [5.74, 6) is -0.691. The van der Waals surface area contributed by atoms with Gasteiger partial charge in [0.05, 0.1) is 5.92 Å². The van der Waals surface area contributed by atoms with Crippen LogP contribution in [0, 0.1) is 11.8 Å². The Labute approximate surface area is 84.0 Å². The van der Waals surface area contributed by atoms with E-state index in [9.17, 15) is 9.59 Å². The zero-order valence-corrected chi connectivity index (χ0v) is 8.87. The summed E-state index contributed by atoms with van der Waals surface area (Å²) in [5, 5.41) is 2.70. The van der Waals surface area contributed by atoms with Crippen molar-refractivity contribution in [2.24, 2.45) is 11.8 Å². The molecule has 14 heavy (non-hydrogen) atoms. The van der Waals surface area contributed by atoms with Gasteiger partial charge in [0.15, 0.2) is 0 Å². The fourth-order valence-corrected chi connectivity index (χ4v) is 1.94. The third kappa shape index (κ3) is 2.32. The monoisotopic (exact) mass is 199 g/mol. The topological polar surface area (TPSA) is 55.4 Å². The minimum absolute atomic E-state index is 0.0649. The number of carbonyl (C=O) groups excluding carboxylic acids is 2. The SMILES string of the molecule is CCOC1CC(C)C(C(C)=O)C(=O)N1. The lowest BCUT2D eigenvalue weighted by Gasteiger charge is -2.32. The third-order valence-corrected chi connectivity index (χ3v) is 2.55. The summed E-state index contributed by atoms with van der Waals surface area (Å²) in [4.78, 5) is 22.7. The van der Waals surface area contributed by atoms with Crippen LogP contribution in [-0.4, -0.2) is 24.5 Å². The van der Waals surface area contributed by atoms with Crippen LogP contribution in [0.4, 0.5) is 0 Å². The highest BCUT2D eigenvalue weighted by molar-refractivity contribution is 6.01. The van der Waals surface area contributed by atoms with Crippen LogP contribution in [0.5, 0.6) is 0 Å². The Hall–Kier alpha value is -0.900. The number of nitrogens with one attached hydrogen (secondary N) is 1. The van der Waals surface area contributed by atoms with E-state index in [0.29, 0.717) is 13.0 Å². The predicted molar refractivity (Wildman–Crippen MR) is 51.5 cm³/mol. The van der Waals surface area contributed by atoms with Crippen molar-refractivity contribution in [3.8, 4) is 0 Å². The van der Waals surface area contributed by atoms with Crippen LogP contribution < -0.4 is 5.32 Å². The molecule has 0 aliphatic carbocycles. The van der Waals surface area contributed by atoms with Gasteiger partial charge in [-0.1, -0.05) is 6.92 Å². The molecule has 1 N–H and O–H groups in total. The second-order valence-electron chi connectivity index (χ2n) is 3.75. The van der Waals surface area contributed by atoms with Gasteiger partial charge in [-0.15, -0.1) is 0 Å². The Balaban J connectivity index is 2.63. The molecular formula is C10H17NO3. The number of amides is 1. The highest BCUT2D eigenvalue weighted by atomic mass is 16.5. The van der Waals surface area contributed by atoms with Crippen molar-refractivity contribution in [3.05, 3.63) is 0 Å². The van der Waals surface area contributed by atoms with E-state index in [2.05, 4.69) is 5.32 Å². The van der Waals surface area contributed by atoms with Gasteiger partial charge in [-0.25, -0.2) is 0 Å². The molecule has 0 spiro atoms. The summed E-state index contributed by atoms with van der Waals surface area (Å²) in [5.41, 5.74) is 0. The van der Waals surface area contributed by atoms with E-state index in [0.717, 1.165) is 0 Å². The second-order valence-corrected chi connectivity index (χ2v) is 3.75. The van der Waals surface area contributed by atoms with Crippen LogP contribution in [0.2, 0.25) is 0 Å². The number of Topliss-reactive ketones (excluding diaryl/α,β-unsaturated/α-hetero) is 1. The van der Waals surface area contributed by atoms with Crippen molar-refractivity contribution in [2.75, 3.05) is 6.61 Å². The van der Waals surface area contributed by atoms with E-state index in [1.165, 1.54) is 6.92 Å². The molecule has 1 saturated heterocycles. The van der Waals surface area contributed by atoms with Crippen molar-refractivity contribution in [2.45, 2.75) is 33.4 Å². The molecule has 1 aliphatic rings. The largest absolute Gasteiger partial charge is 0.359 e. The lowest BCUT2D eigenvalue weighted by molar-refractivity contribution is -0.143. The highest BCUT2D eigenvalue weighted by Crippen LogP contribution is 2.23. The Kier molecular flexibility index (Phi) is 3.63. The van der Waals surface area contributed by atoms with Crippen molar-refractivity contribution in [1.29, 1.82) is 0 Å². The summed E-state index contributed by atoms with van der Waals surface area (Å²) >= 11 is 0. The van der Waals surface area contributed by atoms with Gasteiger partial charge in [0.25, 0.3) is 0 Å². The molecule has 0 saturated carbocycles. The number of hydrogen-bond donors (Lipinski definition) is 1. The van der Waals surface area contributed by atoms with Crippen LogP contribution in [0.15, 0.2) is 0 Å². The molecule has 0 aromatic rings. The standard InChI is InChI=1S/C10H17NO3/c1-4-14-8-5-6(2)9(7(3)12)10(13)11-8/h6,8-9H,4-5H2,1-3H3,(H,11,13). The first kappa shape index (κ1) is 11.2. The number of ether oxygens (including phenoxy) is 1. The van der Waals surface area contributed by atoms with Crippen LogP contribution in [0.1, 0.15) is 27.2 Å². The molecule has 0 radical (unpaired) electrons. The average molecular weight is 199 g/mol. The second kappa shape index (κ2) is 4.55. The molecular weight excluding hydrogens is 182 g/mol. The van der Waals surface area contributed by atoms with E-state index in [1.807, 2.05) is 13.8 Å². The van der Waals surface area contributed by atoms with E-state index >= 15 is 0 Å². The first-order valence-corrected chi connectivity index (χ1v) is 4.98. The number of rotatable bonds is 3. The highest BCUT2D eigenvalue weighted by Gasteiger charge is 2.36. The van der Waals surface area contributed by atoms with Gasteiger partial charge in [-0.2, -0.15) is 0 Å². The van der Waals surface area contributed by atoms with Crippen molar-refractivity contribution < 1.29 is 14.3 Å². The Morgan fingerprint density at radius 1 is 1.64 bits per heavy atom. The quantitative estimate of drug-likeness (QED) is 0.681. The van der Waals surface area contributed by atoms with Crippen molar-refractivity contribution in [3.63, 3.8) is 0 Å². The van der Waals surface area contributed by atoms with Crippen molar-refractivity contribution >= 4 is 11.7 Å². The predicted octanol–water partition coefficient (Wildman–Crippen LogP) is 0.710. The average Bonchev–Trinajstić information content (AvgIpc) is 2.01. The number of ketones is 1. The lowest BCUT2D eigenvalue weighted by atomic mass is 9.84. The van der Waals surface area contributed by atoms with E-state index in [1.54, 1.807) is 0 Å². The lowest BCUT2D eigenvalue weighted by Crippen LogP contribution is -2.51. The van der Waals surface area contributed by atoms with Crippen LogP contribution in [0.25, 0.3) is 0 Å². The summed E-state index contributed by atoms with van der Waals surface area (Å²) in [6.45, 7) is 5.83. The molecule has 3 unspecified atom stereocenters. The molecule has 1 amide bonds. The molecule has 1 rings (SSSR count). The number of carbonyl (C=O) groups is 2.